The summed E-state index contributed by atoms with van der Waals surface area (Å²) in [5.74, 6) is -0.152. The largest absolute Gasteiger partial charge is 0.417 e. The van der Waals surface area contributed by atoms with Crippen LogP contribution in [-0.4, -0.2) is 48.4 Å². The third-order valence-electron chi connectivity index (χ3n) is 6.76. The summed E-state index contributed by atoms with van der Waals surface area (Å²) in [5, 5.41) is 12.1. The number of anilines is 1. The number of benzene rings is 1. The molecular weight excluding hydrogens is 409 g/mol. The molecule has 166 valence electrons. The highest BCUT2D eigenvalue weighted by atomic mass is 19.4. The first-order valence-electron chi connectivity index (χ1n) is 10.6. The lowest BCUT2D eigenvalue weighted by molar-refractivity contribution is -0.137. The Hall–Kier alpha value is -2.76. The van der Waals surface area contributed by atoms with Crippen LogP contribution in [0.25, 0.3) is 0 Å². The van der Waals surface area contributed by atoms with Gasteiger partial charge in [0.15, 0.2) is 0 Å². The summed E-state index contributed by atoms with van der Waals surface area (Å²) in [6.07, 6.45) is -0.856. The van der Waals surface area contributed by atoms with Crippen LogP contribution in [0.1, 0.15) is 50.2 Å². The van der Waals surface area contributed by atoms with Gasteiger partial charge in [0.1, 0.15) is 6.04 Å². The first-order valence-corrected chi connectivity index (χ1v) is 10.6. The van der Waals surface area contributed by atoms with E-state index in [1.54, 1.807) is 15.9 Å². The van der Waals surface area contributed by atoms with Crippen LogP contribution < -0.4 is 10.2 Å². The van der Waals surface area contributed by atoms with Gasteiger partial charge in [-0.3, -0.25) is 9.59 Å². The van der Waals surface area contributed by atoms with Crippen molar-refractivity contribution in [2.75, 3.05) is 24.5 Å². The molecule has 0 radical (unpaired) electrons. The van der Waals surface area contributed by atoms with Gasteiger partial charge in [-0.2, -0.15) is 18.4 Å². The summed E-state index contributed by atoms with van der Waals surface area (Å²) < 4.78 is 40.6. The van der Waals surface area contributed by atoms with Gasteiger partial charge in [0, 0.05) is 38.3 Å². The Balaban J connectivity index is 1.64. The van der Waals surface area contributed by atoms with Crippen molar-refractivity contribution in [2.24, 2.45) is 5.41 Å². The summed E-state index contributed by atoms with van der Waals surface area (Å²) in [6, 6.07) is 4.84. The van der Waals surface area contributed by atoms with Crippen molar-refractivity contribution >= 4 is 17.5 Å². The molecule has 1 saturated carbocycles. The van der Waals surface area contributed by atoms with E-state index in [-0.39, 0.29) is 23.3 Å². The summed E-state index contributed by atoms with van der Waals surface area (Å²) in [7, 11) is 0. The van der Waals surface area contributed by atoms with Gasteiger partial charge in [-0.15, -0.1) is 0 Å². The smallest absolute Gasteiger partial charge is 0.359 e. The molecule has 0 aromatic heterocycles. The molecule has 1 aromatic rings. The molecule has 4 rings (SSSR count). The fourth-order valence-corrected chi connectivity index (χ4v) is 4.79. The minimum Gasteiger partial charge on any atom is -0.359 e. The van der Waals surface area contributed by atoms with Crippen LogP contribution in [0.4, 0.5) is 18.9 Å². The van der Waals surface area contributed by atoms with Gasteiger partial charge in [-0.1, -0.05) is 0 Å². The number of nitrogens with zero attached hydrogens (tertiary/aromatic N) is 3. The number of nitrogens with one attached hydrogen (secondary N) is 1. The summed E-state index contributed by atoms with van der Waals surface area (Å²) in [5.41, 5.74) is -1.35. The predicted octanol–water partition coefficient (Wildman–Crippen LogP) is 3.06. The predicted molar refractivity (Wildman–Crippen MR) is 107 cm³/mol. The zero-order valence-corrected chi connectivity index (χ0v) is 17.3. The number of hydrogen-bond donors (Lipinski definition) is 1. The third kappa shape index (κ3) is 4.34. The minimum atomic E-state index is -4.66. The summed E-state index contributed by atoms with van der Waals surface area (Å²) in [6.45, 7) is 3.15. The summed E-state index contributed by atoms with van der Waals surface area (Å²) in [4.78, 5) is 28.2. The maximum absolute atomic E-state index is 13.5. The van der Waals surface area contributed by atoms with Crippen molar-refractivity contribution < 1.29 is 22.8 Å². The Kier molecular flexibility index (Phi) is 5.36. The van der Waals surface area contributed by atoms with E-state index >= 15 is 0 Å². The molecule has 9 heteroatoms. The van der Waals surface area contributed by atoms with Crippen LogP contribution in [-0.2, 0) is 15.8 Å². The fourth-order valence-electron chi connectivity index (χ4n) is 4.79. The number of amides is 2. The van der Waals surface area contributed by atoms with E-state index in [0.717, 1.165) is 18.9 Å². The average molecular weight is 434 g/mol. The monoisotopic (exact) mass is 434 g/mol. The van der Waals surface area contributed by atoms with E-state index in [2.05, 4.69) is 5.32 Å². The zero-order valence-electron chi connectivity index (χ0n) is 17.3. The van der Waals surface area contributed by atoms with Gasteiger partial charge in [0.05, 0.1) is 17.2 Å². The SMILES string of the molecule is CC(=O)N1CCC2(CC1)CC(C(=O)NC1CC1)N(c1ccc(C#N)c(C(F)(F)F)c1)C2. The second kappa shape index (κ2) is 7.74. The molecule has 2 aliphatic heterocycles. The van der Waals surface area contributed by atoms with Gasteiger partial charge in [0.2, 0.25) is 11.8 Å². The van der Waals surface area contributed by atoms with Crippen LogP contribution in [0, 0.1) is 16.7 Å². The van der Waals surface area contributed by atoms with E-state index in [9.17, 15) is 22.8 Å². The fraction of sp³-hybridized carbons (Fsp3) is 0.591. The van der Waals surface area contributed by atoms with Gasteiger partial charge in [-0.05, 0) is 55.7 Å². The number of carbonyl (C=O) groups is 2. The number of halogens is 3. The van der Waals surface area contributed by atoms with Crippen molar-refractivity contribution in [3.05, 3.63) is 29.3 Å². The standard InChI is InChI=1S/C22H25F3N4O2/c1-14(30)28-8-6-21(7-9-28)11-19(20(31)27-16-3-4-16)29(13-21)17-5-2-15(12-26)18(10-17)22(23,24)25/h2,5,10,16,19H,3-4,6-9,11,13H2,1H3,(H,27,31). The average Bonchev–Trinajstić information content (AvgIpc) is 3.46. The van der Waals surface area contributed by atoms with Gasteiger partial charge in [0.25, 0.3) is 0 Å². The minimum absolute atomic E-state index is 0.00893. The number of alkyl halides is 3. The summed E-state index contributed by atoms with van der Waals surface area (Å²) >= 11 is 0. The Labute approximate surface area is 179 Å². The molecule has 31 heavy (non-hydrogen) atoms. The molecule has 2 saturated heterocycles. The number of piperidine rings is 1. The van der Waals surface area contributed by atoms with Crippen molar-refractivity contribution in [2.45, 2.75) is 57.3 Å². The number of hydrogen-bond acceptors (Lipinski definition) is 4. The van der Waals surface area contributed by atoms with E-state index in [4.69, 9.17) is 5.26 Å². The molecule has 3 fully saturated rings. The van der Waals surface area contributed by atoms with E-state index in [0.29, 0.717) is 44.6 Å². The second-order valence-electron chi connectivity index (χ2n) is 8.98. The Morgan fingerprint density at radius 3 is 2.45 bits per heavy atom. The normalized spacial score (nSPS) is 23.0. The van der Waals surface area contributed by atoms with Crippen LogP contribution in [0.15, 0.2) is 18.2 Å². The second-order valence-corrected chi connectivity index (χ2v) is 8.98. The number of likely N-dealkylation sites (tertiary alicyclic amines) is 1. The Bertz CT molecular complexity index is 928. The van der Waals surface area contributed by atoms with Crippen molar-refractivity contribution in [3.63, 3.8) is 0 Å². The molecule has 1 unspecified atom stereocenters. The topological polar surface area (TPSA) is 76.4 Å². The van der Waals surface area contributed by atoms with Gasteiger partial charge < -0.3 is 15.1 Å². The lowest BCUT2D eigenvalue weighted by Gasteiger charge is -2.39. The molecule has 1 aromatic carbocycles. The van der Waals surface area contributed by atoms with Crippen LogP contribution in [0.3, 0.4) is 0 Å². The van der Waals surface area contributed by atoms with E-state index in [1.807, 2.05) is 0 Å². The zero-order chi connectivity index (χ0) is 22.4. The highest BCUT2D eigenvalue weighted by Crippen LogP contribution is 2.46. The van der Waals surface area contributed by atoms with Gasteiger partial charge in [-0.25, -0.2) is 0 Å². The van der Waals surface area contributed by atoms with E-state index < -0.39 is 23.3 Å². The molecule has 2 amide bonds. The van der Waals surface area contributed by atoms with Crippen LogP contribution >= 0.6 is 0 Å². The maximum atomic E-state index is 13.5. The Morgan fingerprint density at radius 1 is 1.23 bits per heavy atom. The molecule has 6 nitrogen and oxygen atoms in total. The quantitative estimate of drug-likeness (QED) is 0.794. The van der Waals surface area contributed by atoms with Crippen LogP contribution in [0.2, 0.25) is 0 Å². The van der Waals surface area contributed by atoms with E-state index in [1.165, 1.54) is 19.1 Å². The van der Waals surface area contributed by atoms with Crippen molar-refractivity contribution in [1.82, 2.24) is 10.2 Å². The lowest BCUT2D eigenvalue weighted by Crippen LogP contribution is -2.44. The molecular formula is C22H25F3N4O2. The Morgan fingerprint density at radius 2 is 1.90 bits per heavy atom. The third-order valence-corrected chi connectivity index (χ3v) is 6.76. The highest BCUT2D eigenvalue weighted by molar-refractivity contribution is 5.87. The highest BCUT2D eigenvalue weighted by Gasteiger charge is 2.49. The molecule has 1 aliphatic carbocycles. The molecule has 1 spiro atoms. The number of rotatable bonds is 3. The molecule has 0 bridgehead atoms. The number of nitriles is 1. The first kappa shape index (κ1) is 21.5. The molecule has 2 heterocycles. The molecule has 3 aliphatic rings. The van der Waals surface area contributed by atoms with Crippen LogP contribution in [0.5, 0.6) is 0 Å². The number of carbonyl (C=O) groups excluding carboxylic acids is 2. The maximum Gasteiger partial charge on any atom is 0.417 e. The molecule has 1 atom stereocenters. The first-order chi connectivity index (χ1) is 14.6. The lowest BCUT2D eigenvalue weighted by atomic mass is 9.76. The van der Waals surface area contributed by atoms with Crippen molar-refractivity contribution in [3.8, 4) is 6.07 Å². The van der Waals surface area contributed by atoms with Crippen molar-refractivity contribution in [1.29, 1.82) is 5.26 Å². The van der Waals surface area contributed by atoms with Gasteiger partial charge >= 0.3 is 6.18 Å². The molecule has 1 N–H and O–H groups in total.